The first kappa shape index (κ1) is 14.0. The van der Waals surface area contributed by atoms with Crippen LogP contribution in [0.4, 0.5) is 0 Å². The molecule has 0 aliphatic carbocycles. The molecule has 104 valence electrons. The van der Waals surface area contributed by atoms with Crippen LogP contribution in [0.5, 0.6) is 0 Å². The van der Waals surface area contributed by atoms with Crippen molar-refractivity contribution in [2.45, 2.75) is 25.4 Å². The number of hydrogen-bond donors (Lipinski definition) is 1. The molecule has 1 fully saturated rings. The van der Waals surface area contributed by atoms with Gasteiger partial charge in [0.25, 0.3) is 0 Å². The summed E-state index contributed by atoms with van der Waals surface area (Å²) in [7, 11) is 1.81. The molecule has 1 atom stereocenters. The molecule has 2 rings (SSSR count). The first-order chi connectivity index (χ1) is 9.18. The van der Waals surface area contributed by atoms with E-state index in [1.54, 1.807) is 4.90 Å². The summed E-state index contributed by atoms with van der Waals surface area (Å²) in [5.74, 6) is 0.273. The second kappa shape index (κ2) is 6.68. The van der Waals surface area contributed by atoms with E-state index in [2.05, 4.69) is 0 Å². The van der Waals surface area contributed by atoms with Crippen LogP contribution in [0.2, 0.25) is 0 Å². The summed E-state index contributed by atoms with van der Waals surface area (Å²) in [6.07, 6.45) is 1.76. The molecule has 0 radical (unpaired) electrons. The topological polar surface area (TPSA) is 55.6 Å². The number of nitrogens with two attached hydrogens (primary N) is 1. The molecule has 1 saturated heterocycles. The van der Waals surface area contributed by atoms with E-state index < -0.39 is 6.04 Å². The predicted molar refractivity (Wildman–Crippen MR) is 74.4 cm³/mol. The Labute approximate surface area is 114 Å². The highest BCUT2D eigenvalue weighted by Gasteiger charge is 2.28. The first-order valence-electron chi connectivity index (χ1n) is 6.80. The van der Waals surface area contributed by atoms with Crippen LogP contribution in [0.25, 0.3) is 0 Å². The summed E-state index contributed by atoms with van der Waals surface area (Å²) in [6.45, 7) is 2.04. The lowest BCUT2D eigenvalue weighted by molar-refractivity contribution is -0.133. The third kappa shape index (κ3) is 3.78. The molecule has 1 heterocycles. The van der Waals surface area contributed by atoms with Gasteiger partial charge in [0.05, 0.1) is 6.04 Å². The van der Waals surface area contributed by atoms with Gasteiger partial charge >= 0.3 is 0 Å². The zero-order valence-electron chi connectivity index (χ0n) is 11.4. The molecule has 0 spiro atoms. The SMILES string of the molecule is CN(Cc1ccccc1)C(=O)C(N)C1CCOCC1. The monoisotopic (exact) mass is 262 g/mol. The summed E-state index contributed by atoms with van der Waals surface area (Å²) in [5.41, 5.74) is 7.22. The molecule has 1 aromatic carbocycles. The van der Waals surface area contributed by atoms with Crippen molar-refractivity contribution in [2.75, 3.05) is 20.3 Å². The Morgan fingerprint density at radius 3 is 2.63 bits per heavy atom. The Morgan fingerprint density at radius 1 is 1.37 bits per heavy atom. The van der Waals surface area contributed by atoms with Gasteiger partial charge in [-0.05, 0) is 24.3 Å². The second-order valence-electron chi connectivity index (χ2n) is 5.16. The largest absolute Gasteiger partial charge is 0.381 e. The normalized spacial score (nSPS) is 18.0. The highest BCUT2D eigenvalue weighted by molar-refractivity contribution is 5.81. The van der Waals surface area contributed by atoms with Crippen LogP contribution in [-0.4, -0.2) is 37.1 Å². The van der Waals surface area contributed by atoms with E-state index in [1.807, 2.05) is 37.4 Å². The highest BCUT2D eigenvalue weighted by atomic mass is 16.5. The minimum absolute atomic E-state index is 0.0238. The molecular weight excluding hydrogens is 240 g/mol. The van der Waals surface area contributed by atoms with Crippen molar-refractivity contribution in [1.82, 2.24) is 4.90 Å². The Morgan fingerprint density at radius 2 is 2.00 bits per heavy atom. The number of hydrogen-bond acceptors (Lipinski definition) is 3. The fourth-order valence-electron chi connectivity index (χ4n) is 2.47. The Kier molecular flexibility index (Phi) is 4.93. The van der Waals surface area contributed by atoms with Gasteiger partial charge < -0.3 is 15.4 Å². The highest BCUT2D eigenvalue weighted by Crippen LogP contribution is 2.19. The third-order valence-corrected chi connectivity index (χ3v) is 3.70. The summed E-state index contributed by atoms with van der Waals surface area (Å²) < 4.78 is 5.31. The van der Waals surface area contributed by atoms with Crippen LogP contribution in [0.1, 0.15) is 18.4 Å². The van der Waals surface area contributed by atoms with E-state index in [0.717, 1.165) is 18.4 Å². The summed E-state index contributed by atoms with van der Waals surface area (Å²) in [5, 5.41) is 0. The van der Waals surface area contributed by atoms with Crippen molar-refractivity contribution in [3.05, 3.63) is 35.9 Å². The van der Waals surface area contributed by atoms with Gasteiger partial charge in [-0.15, -0.1) is 0 Å². The maximum atomic E-state index is 12.3. The van der Waals surface area contributed by atoms with Crippen LogP contribution in [0, 0.1) is 5.92 Å². The van der Waals surface area contributed by atoms with Crippen molar-refractivity contribution in [1.29, 1.82) is 0 Å². The molecular formula is C15H22N2O2. The van der Waals surface area contributed by atoms with E-state index in [-0.39, 0.29) is 11.8 Å². The van der Waals surface area contributed by atoms with E-state index in [0.29, 0.717) is 19.8 Å². The van der Waals surface area contributed by atoms with Crippen LogP contribution in [-0.2, 0) is 16.1 Å². The van der Waals surface area contributed by atoms with E-state index in [4.69, 9.17) is 10.5 Å². The van der Waals surface area contributed by atoms with Crippen molar-refractivity contribution >= 4 is 5.91 Å². The van der Waals surface area contributed by atoms with Gasteiger partial charge in [0.2, 0.25) is 5.91 Å². The lowest BCUT2D eigenvalue weighted by Crippen LogP contribution is -2.47. The smallest absolute Gasteiger partial charge is 0.239 e. The predicted octanol–water partition coefficient (Wildman–Crippen LogP) is 1.40. The van der Waals surface area contributed by atoms with Gasteiger partial charge in [-0.25, -0.2) is 0 Å². The number of carbonyl (C=O) groups excluding carboxylic acids is 1. The molecule has 4 nitrogen and oxygen atoms in total. The molecule has 0 bridgehead atoms. The maximum absolute atomic E-state index is 12.3. The molecule has 19 heavy (non-hydrogen) atoms. The lowest BCUT2D eigenvalue weighted by atomic mass is 9.91. The Hall–Kier alpha value is -1.39. The standard InChI is InChI=1S/C15H22N2O2/c1-17(11-12-5-3-2-4-6-12)15(18)14(16)13-7-9-19-10-8-13/h2-6,13-14H,7-11,16H2,1H3. The Bertz CT molecular complexity index is 402. The molecule has 0 aromatic heterocycles. The van der Waals surface area contributed by atoms with E-state index in [1.165, 1.54) is 0 Å². The molecule has 4 heteroatoms. The summed E-state index contributed by atoms with van der Waals surface area (Å²) in [4.78, 5) is 14.0. The number of carbonyl (C=O) groups is 1. The van der Waals surface area contributed by atoms with Crippen LogP contribution in [0.3, 0.4) is 0 Å². The van der Waals surface area contributed by atoms with Gasteiger partial charge in [-0.1, -0.05) is 30.3 Å². The minimum atomic E-state index is -0.405. The fraction of sp³-hybridized carbons (Fsp3) is 0.533. The molecule has 1 aliphatic heterocycles. The van der Waals surface area contributed by atoms with Gasteiger partial charge in [0.1, 0.15) is 0 Å². The number of nitrogens with zero attached hydrogens (tertiary/aromatic N) is 1. The Balaban J connectivity index is 1.90. The minimum Gasteiger partial charge on any atom is -0.381 e. The van der Waals surface area contributed by atoms with Gasteiger partial charge in [0, 0.05) is 26.8 Å². The van der Waals surface area contributed by atoms with Gasteiger partial charge in [0.15, 0.2) is 0 Å². The number of rotatable bonds is 4. The van der Waals surface area contributed by atoms with E-state index >= 15 is 0 Å². The van der Waals surface area contributed by atoms with Crippen molar-refractivity contribution < 1.29 is 9.53 Å². The van der Waals surface area contributed by atoms with Crippen molar-refractivity contribution in [3.8, 4) is 0 Å². The van der Waals surface area contributed by atoms with E-state index in [9.17, 15) is 4.79 Å². The summed E-state index contributed by atoms with van der Waals surface area (Å²) in [6, 6.07) is 9.56. The molecule has 1 unspecified atom stereocenters. The molecule has 2 N–H and O–H groups in total. The zero-order chi connectivity index (χ0) is 13.7. The first-order valence-corrected chi connectivity index (χ1v) is 6.80. The van der Waals surface area contributed by atoms with Crippen LogP contribution in [0.15, 0.2) is 30.3 Å². The number of ether oxygens (including phenoxy) is 1. The average molecular weight is 262 g/mol. The summed E-state index contributed by atoms with van der Waals surface area (Å²) >= 11 is 0. The van der Waals surface area contributed by atoms with Crippen molar-refractivity contribution in [3.63, 3.8) is 0 Å². The van der Waals surface area contributed by atoms with Gasteiger partial charge in [-0.2, -0.15) is 0 Å². The number of likely N-dealkylation sites (N-methyl/N-ethyl adjacent to an activating group) is 1. The fourth-order valence-corrected chi connectivity index (χ4v) is 2.47. The lowest BCUT2D eigenvalue weighted by Gasteiger charge is -2.29. The van der Waals surface area contributed by atoms with Crippen LogP contribution < -0.4 is 5.73 Å². The average Bonchev–Trinajstić information content (AvgIpc) is 2.47. The van der Waals surface area contributed by atoms with Gasteiger partial charge in [-0.3, -0.25) is 4.79 Å². The third-order valence-electron chi connectivity index (χ3n) is 3.70. The molecule has 0 saturated carbocycles. The van der Waals surface area contributed by atoms with Crippen LogP contribution >= 0.6 is 0 Å². The number of benzene rings is 1. The zero-order valence-corrected chi connectivity index (χ0v) is 11.4. The van der Waals surface area contributed by atoms with Crippen molar-refractivity contribution in [2.24, 2.45) is 11.7 Å². The quantitative estimate of drug-likeness (QED) is 0.892. The molecule has 1 aliphatic rings. The maximum Gasteiger partial charge on any atom is 0.239 e. The molecule has 1 aromatic rings. The number of amides is 1. The second-order valence-corrected chi connectivity index (χ2v) is 5.16. The molecule has 1 amide bonds.